The van der Waals surface area contributed by atoms with E-state index in [1.165, 1.54) is 12.4 Å². The minimum atomic E-state index is -0.962. The molecule has 9 heteroatoms. The first-order chi connectivity index (χ1) is 19.4. The van der Waals surface area contributed by atoms with Gasteiger partial charge in [0.1, 0.15) is 17.9 Å². The molecule has 40 heavy (non-hydrogen) atoms. The van der Waals surface area contributed by atoms with E-state index in [1.54, 1.807) is 24.5 Å². The second-order valence-electron chi connectivity index (χ2n) is 9.51. The third-order valence-electron chi connectivity index (χ3n) is 6.13. The van der Waals surface area contributed by atoms with Crippen LogP contribution >= 0.6 is 0 Å². The van der Waals surface area contributed by atoms with Crippen LogP contribution in [0.1, 0.15) is 35.3 Å². The number of hydrogen-bond donors (Lipinski definition) is 2. The average molecular weight is 540 g/mol. The number of carbonyl (C=O) groups excluding carboxylic acids is 1. The van der Waals surface area contributed by atoms with E-state index in [0.717, 1.165) is 45.5 Å². The highest BCUT2D eigenvalue weighted by atomic mass is 19.2. The van der Waals surface area contributed by atoms with Gasteiger partial charge in [0.25, 0.3) is 5.91 Å². The lowest BCUT2D eigenvalue weighted by Gasteiger charge is -2.15. The second kappa shape index (κ2) is 11.9. The summed E-state index contributed by atoms with van der Waals surface area (Å²) in [5.74, 6) is -1.18. The lowest BCUT2D eigenvalue weighted by atomic mass is 10.0. The summed E-state index contributed by atoms with van der Waals surface area (Å²) in [5, 5.41) is 6.93. The number of fused-ring (bicyclic) bond motifs is 1. The van der Waals surface area contributed by atoms with Gasteiger partial charge in [-0.25, -0.2) is 23.7 Å². The number of aromatic nitrogens is 3. The van der Waals surface area contributed by atoms with Gasteiger partial charge in [0, 0.05) is 30.9 Å². The zero-order valence-corrected chi connectivity index (χ0v) is 22.0. The quantitative estimate of drug-likeness (QED) is 0.229. The van der Waals surface area contributed by atoms with Gasteiger partial charge in [0.15, 0.2) is 11.6 Å². The molecule has 1 amide bonds. The van der Waals surface area contributed by atoms with Gasteiger partial charge in [-0.3, -0.25) is 4.79 Å². The van der Waals surface area contributed by atoms with Crippen LogP contribution in [-0.2, 0) is 13.1 Å². The highest BCUT2D eigenvalue weighted by molar-refractivity contribution is 5.98. The van der Waals surface area contributed by atoms with Crippen molar-refractivity contribution in [2.75, 3.05) is 5.32 Å². The molecule has 0 aliphatic heterocycles. The van der Waals surface area contributed by atoms with E-state index in [4.69, 9.17) is 4.74 Å². The molecule has 0 saturated heterocycles. The van der Waals surface area contributed by atoms with E-state index in [0.29, 0.717) is 23.5 Å². The third-order valence-corrected chi connectivity index (χ3v) is 6.13. The molecule has 5 rings (SSSR count). The first-order valence-corrected chi connectivity index (χ1v) is 12.8. The van der Waals surface area contributed by atoms with Crippen LogP contribution in [0.5, 0.6) is 5.75 Å². The Morgan fingerprint density at radius 3 is 2.60 bits per heavy atom. The second-order valence-corrected chi connectivity index (χ2v) is 9.51. The third kappa shape index (κ3) is 6.37. The number of nitrogens with zero attached hydrogens (tertiary/aromatic N) is 3. The van der Waals surface area contributed by atoms with Crippen LogP contribution in [0, 0.1) is 11.6 Å². The average Bonchev–Trinajstić information content (AvgIpc) is 2.96. The van der Waals surface area contributed by atoms with Crippen molar-refractivity contribution in [1.82, 2.24) is 20.3 Å². The zero-order chi connectivity index (χ0) is 28.1. The molecule has 0 fully saturated rings. The summed E-state index contributed by atoms with van der Waals surface area (Å²) < 4.78 is 32.8. The standard InChI is InChI=1S/C31H27F2N5O2/c1-19(2)40-25-11-21(10-23(14-25)22-6-8-29-24(13-22)17-34-18-38-29)16-36-30-26(4-3-9-35-30)31(39)37-15-20-5-7-27(32)28(33)12-20/h3-14,17-19H,15-16H2,1-2H3,(H,35,36)(H,37,39). The molecular weight excluding hydrogens is 512 g/mol. The predicted octanol–water partition coefficient (Wildman–Crippen LogP) is 6.30. The topological polar surface area (TPSA) is 89.0 Å². The van der Waals surface area contributed by atoms with Crippen LogP contribution in [0.4, 0.5) is 14.6 Å². The molecule has 0 spiro atoms. The number of pyridine rings is 1. The summed E-state index contributed by atoms with van der Waals surface area (Å²) in [7, 11) is 0. The molecule has 0 radical (unpaired) electrons. The summed E-state index contributed by atoms with van der Waals surface area (Å²) >= 11 is 0. The van der Waals surface area contributed by atoms with Crippen molar-refractivity contribution in [1.29, 1.82) is 0 Å². The van der Waals surface area contributed by atoms with Gasteiger partial charge in [-0.1, -0.05) is 12.1 Å². The van der Waals surface area contributed by atoms with E-state index in [2.05, 4.69) is 31.7 Å². The maximum atomic E-state index is 13.5. The Morgan fingerprint density at radius 1 is 0.900 bits per heavy atom. The number of hydrogen-bond acceptors (Lipinski definition) is 6. The van der Waals surface area contributed by atoms with Gasteiger partial charge in [-0.2, -0.15) is 0 Å². The van der Waals surface area contributed by atoms with Crippen LogP contribution in [-0.4, -0.2) is 27.0 Å². The molecule has 0 aliphatic rings. The number of anilines is 1. The van der Waals surface area contributed by atoms with Crippen LogP contribution in [0.25, 0.3) is 22.0 Å². The molecule has 2 aromatic heterocycles. The Morgan fingerprint density at radius 2 is 1.77 bits per heavy atom. The van der Waals surface area contributed by atoms with Crippen molar-refractivity contribution in [3.63, 3.8) is 0 Å². The van der Waals surface area contributed by atoms with Gasteiger partial charge in [-0.05, 0) is 90.7 Å². The van der Waals surface area contributed by atoms with Crippen molar-refractivity contribution in [3.8, 4) is 16.9 Å². The number of nitrogens with one attached hydrogen (secondary N) is 2. The van der Waals surface area contributed by atoms with E-state index < -0.39 is 17.5 Å². The monoisotopic (exact) mass is 539 g/mol. The summed E-state index contributed by atoms with van der Waals surface area (Å²) in [4.78, 5) is 25.7. The summed E-state index contributed by atoms with van der Waals surface area (Å²) in [6.45, 7) is 4.35. The first-order valence-electron chi connectivity index (χ1n) is 12.8. The van der Waals surface area contributed by atoms with Gasteiger partial charge in [-0.15, -0.1) is 0 Å². The smallest absolute Gasteiger partial charge is 0.255 e. The lowest BCUT2D eigenvalue weighted by molar-refractivity contribution is 0.0951. The molecule has 2 heterocycles. The normalized spacial score (nSPS) is 11.0. The van der Waals surface area contributed by atoms with Gasteiger partial charge in [0.05, 0.1) is 17.2 Å². The summed E-state index contributed by atoms with van der Waals surface area (Å²) in [5.41, 5.74) is 4.52. The Hall–Kier alpha value is -4.92. The van der Waals surface area contributed by atoms with Crippen molar-refractivity contribution in [2.45, 2.75) is 33.0 Å². The Bertz CT molecular complexity index is 1680. The minimum Gasteiger partial charge on any atom is -0.491 e. The SMILES string of the molecule is CC(C)Oc1cc(CNc2ncccc2C(=O)NCc2ccc(F)c(F)c2)cc(-c2ccc3ncncc3c2)c1. The molecule has 5 aromatic rings. The highest BCUT2D eigenvalue weighted by Crippen LogP contribution is 2.29. The van der Waals surface area contributed by atoms with E-state index in [9.17, 15) is 13.6 Å². The number of benzene rings is 3. The lowest BCUT2D eigenvalue weighted by Crippen LogP contribution is -2.24. The summed E-state index contributed by atoms with van der Waals surface area (Å²) in [6, 6.07) is 18.8. The van der Waals surface area contributed by atoms with Crippen LogP contribution in [0.2, 0.25) is 0 Å². The van der Waals surface area contributed by atoms with Crippen LogP contribution in [0.15, 0.2) is 85.5 Å². The molecule has 2 N–H and O–H groups in total. The van der Waals surface area contributed by atoms with E-state index in [-0.39, 0.29) is 12.6 Å². The Labute approximate surface area is 230 Å². The zero-order valence-electron chi connectivity index (χ0n) is 22.0. The maximum absolute atomic E-state index is 13.5. The van der Waals surface area contributed by atoms with E-state index in [1.807, 2.05) is 44.2 Å². The van der Waals surface area contributed by atoms with Crippen LogP contribution < -0.4 is 15.4 Å². The van der Waals surface area contributed by atoms with Crippen molar-refractivity contribution in [3.05, 3.63) is 114 Å². The van der Waals surface area contributed by atoms with Crippen LogP contribution in [0.3, 0.4) is 0 Å². The van der Waals surface area contributed by atoms with Crippen molar-refractivity contribution >= 4 is 22.6 Å². The number of rotatable bonds is 9. The minimum absolute atomic E-state index is 0.0123. The number of halogens is 2. The predicted molar refractivity (Wildman–Crippen MR) is 150 cm³/mol. The fourth-order valence-corrected chi connectivity index (χ4v) is 4.28. The molecule has 202 valence electrons. The highest BCUT2D eigenvalue weighted by Gasteiger charge is 2.14. The number of amides is 1. The van der Waals surface area contributed by atoms with Gasteiger partial charge in [0.2, 0.25) is 0 Å². The number of ether oxygens (including phenoxy) is 1. The summed E-state index contributed by atoms with van der Waals surface area (Å²) in [6.07, 6.45) is 4.89. The molecule has 0 bridgehead atoms. The molecule has 3 aromatic carbocycles. The first kappa shape index (κ1) is 26.7. The molecule has 0 aliphatic carbocycles. The molecule has 0 saturated carbocycles. The molecular formula is C31H27F2N5O2. The van der Waals surface area contributed by atoms with E-state index >= 15 is 0 Å². The molecule has 7 nitrogen and oxygen atoms in total. The molecule has 0 unspecified atom stereocenters. The van der Waals surface area contributed by atoms with Gasteiger partial charge < -0.3 is 15.4 Å². The Balaban J connectivity index is 1.36. The Kier molecular flexibility index (Phi) is 7.91. The fourth-order valence-electron chi connectivity index (χ4n) is 4.28. The van der Waals surface area contributed by atoms with Gasteiger partial charge >= 0.3 is 0 Å². The molecule has 0 atom stereocenters. The number of carbonyl (C=O) groups is 1. The van der Waals surface area contributed by atoms with Crippen molar-refractivity contribution in [2.24, 2.45) is 0 Å². The largest absolute Gasteiger partial charge is 0.491 e. The maximum Gasteiger partial charge on any atom is 0.255 e. The fraction of sp³-hybridized carbons (Fsp3) is 0.161. The van der Waals surface area contributed by atoms with Crippen molar-refractivity contribution < 1.29 is 18.3 Å².